The van der Waals surface area contributed by atoms with Crippen molar-refractivity contribution in [2.24, 2.45) is 0 Å². The first kappa shape index (κ1) is 15.9. The van der Waals surface area contributed by atoms with E-state index in [2.05, 4.69) is 26.2 Å². The van der Waals surface area contributed by atoms with E-state index in [1.54, 1.807) is 6.20 Å². The lowest BCUT2D eigenvalue weighted by Gasteiger charge is -2.13. The van der Waals surface area contributed by atoms with Gasteiger partial charge in [0.05, 0.1) is 0 Å². The van der Waals surface area contributed by atoms with Gasteiger partial charge in [-0.1, -0.05) is 13.8 Å². The molecule has 6 heteroatoms. The van der Waals surface area contributed by atoms with Crippen LogP contribution in [0.25, 0.3) is 0 Å². The number of halogens is 3. The van der Waals surface area contributed by atoms with Gasteiger partial charge in [-0.05, 0) is 34.1 Å². The molecule has 3 nitrogen and oxygen atoms in total. The first-order chi connectivity index (χ1) is 9.95. The summed E-state index contributed by atoms with van der Waals surface area (Å²) in [6.45, 7) is 4.57. The molecule has 2 rings (SSSR count). The van der Waals surface area contributed by atoms with Crippen molar-refractivity contribution < 1.29 is 13.5 Å². The lowest BCUT2D eigenvalue weighted by molar-refractivity contribution is 0.415. The minimum Gasteiger partial charge on any atom is -0.436 e. The van der Waals surface area contributed by atoms with Crippen LogP contribution in [0.4, 0.5) is 8.78 Å². The van der Waals surface area contributed by atoms with Crippen LogP contribution in [-0.2, 0) is 6.54 Å². The number of benzene rings is 1. The van der Waals surface area contributed by atoms with Crippen LogP contribution in [0.3, 0.4) is 0 Å². The monoisotopic (exact) mass is 356 g/mol. The molecule has 0 aliphatic carbocycles. The minimum atomic E-state index is -0.762. The topological polar surface area (TPSA) is 34.2 Å². The maximum Gasteiger partial charge on any atom is 0.223 e. The van der Waals surface area contributed by atoms with Gasteiger partial charge in [-0.25, -0.2) is 13.8 Å². The summed E-state index contributed by atoms with van der Waals surface area (Å²) in [5.41, 5.74) is 0.779. The van der Waals surface area contributed by atoms with E-state index in [4.69, 9.17) is 4.74 Å². The van der Waals surface area contributed by atoms with Crippen LogP contribution in [-0.4, -0.2) is 11.0 Å². The Morgan fingerprint density at radius 2 is 2.05 bits per heavy atom. The smallest absolute Gasteiger partial charge is 0.223 e. The van der Waals surface area contributed by atoms with Gasteiger partial charge < -0.3 is 10.1 Å². The molecule has 1 aromatic heterocycles. The summed E-state index contributed by atoms with van der Waals surface area (Å²) < 4.78 is 32.8. The molecule has 0 saturated heterocycles. The van der Waals surface area contributed by atoms with E-state index in [0.29, 0.717) is 12.6 Å². The SMILES string of the molecule is CC(C)NCc1cc(Br)cnc1Oc1ccc(F)cc1F. The summed E-state index contributed by atoms with van der Waals surface area (Å²) in [7, 11) is 0. The van der Waals surface area contributed by atoms with Gasteiger partial charge in [-0.3, -0.25) is 0 Å². The number of aromatic nitrogens is 1. The third-order valence-electron chi connectivity index (χ3n) is 2.69. The average Bonchev–Trinajstić information content (AvgIpc) is 2.41. The number of nitrogens with one attached hydrogen (secondary N) is 1. The molecule has 1 N–H and O–H groups in total. The standard InChI is InChI=1S/C15H15BrF2N2O/c1-9(2)19-7-10-5-11(16)8-20-15(10)21-14-4-3-12(17)6-13(14)18/h3-6,8-9,19H,7H2,1-2H3. The second kappa shape index (κ2) is 6.95. The largest absolute Gasteiger partial charge is 0.436 e. The molecule has 21 heavy (non-hydrogen) atoms. The zero-order valence-corrected chi connectivity index (χ0v) is 13.2. The molecule has 0 unspecified atom stereocenters. The van der Waals surface area contributed by atoms with E-state index in [-0.39, 0.29) is 11.6 Å². The third-order valence-corrected chi connectivity index (χ3v) is 3.13. The van der Waals surface area contributed by atoms with Gasteiger partial charge in [-0.2, -0.15) is 0 Å². The van der Waals surface area contributed by atoms with Crippen molar-refractivity contribution >= 4 is 15.9 Å². The molecule has 112 valence electrons. The van der Waals surface area contributed by atoms with Crippen molar-refractivity contribution in [3.05, 3.63) is 52.1 Å². The molecule has 0 radical (unpaired) electrons. The van der Waals surface area contributed by atoms with E-state index in [1.807, 2.05) is 19.9 Å². The van der Waals surface area contributed by atoms with Crippen LogP contribution >= 0.6 is 15.9 Å². The van der Waals surface area contributed by atoms with Crippen molar-refractivity contribution in [2.45, 2.75) is 26.4 Å². The van der Waals surface area contributed by atoms with Crippen LogP contribution in [0.1, 0.15) is 19.4 Å². The Balaban J connectivity index is 2.26. The Morgan fingerprint density at radius 3 is 2.71 bits per heavy atom. The molecule has 0 aliphatic rings. The second-order valence-electron chi connectivity index (χ2n) is 4.83. The first-order valence-electron chi connectivity index (χ1n) is 6.46. The molecule has 0 fully saturated rings. The van der Waals surface area contributed by atoms with Crippen molar-refractivity contribution in [3.63, 3.8) is 0 Å². The summed E-state index contributed by atoms with van der Waals surface area (Å²) in [5, 5.41) is 3.24. The summed E-state index contributed by atoms with van der Waals surface area (Å²) in [5.74, 6) is -1.18. The van der Waals surface area contributed by atoms with Gasteiger partial charge >= 0.3 is 0 Å². The van der Waals surface area contributed by atoms with E-state index >= 15 is 0 Å². The number of nitrogens with zero attached hydrogens (tertiary/aromatic N) is 1. The Labute approximate surface area is 130 Å². The zero-order valence-electron chi connectivity index (χ0n) is 11.7. The summed E-state index contributed by atoms with van der Waals surface area (Å²) >= 11 is 3.34. The molecular weight excluding hydrogens is 342 g/mol. The molecule has 0 atom stereocenters. The lowest BCUT2D eigenvalue weighted by Crippen LogP contribution is -2.22. The fourth-order valence-electron chi connectivity index (χ4n) is 1.66. The van der Waals surface area contributed by atoms with Gasteiger partial charge in [0.2, 0.25) is 5.88 Å². The van der Waals surface area contributed by atoms with E-state index in [9.17, 15) is 8.78 Å². The Morgan fingerprint density at radius 1 is 1.29 bits per heavy atom. The first-order valence-corrected chi connectivity index (χ1v) is 7.25. The van der Waals surface area contributed by atoms with Crippen LogP contribution in [0.15, 0.2) is 34.9 Å². The van der Waals surface area contributed by atoms with Gasteiger partial charge in [-0.15, -0.1) is 0 Å². The number of ether oxygens (including phenoxy) is 1. The molecule has 0 bridgehead atoms. The van der Waals surface area contributed by atoms with Gasteiger partial charge in [0, 0.05) is 34.9 Å². The highest BCUT2D eigenvalue weighted by Crippen LogP contribution is 2.27. The zero-order chi connectivity index (χ0) is 15.4. The Hall–Kier alpha value is -1.53. The molecule has 1 aromatic carbocycles. The van der Waals surface area contributed by atoms with Gasteiger partial charge in [0.1, 0.15) is 5.82 Å². The van der Waals surface area contributed by atoms with Crippen molar-refractivity contribution in [1.29, 1.82) is 0 Å². The van der Waals surface area contributed by atoms with Crippen LogP contribution in [0.2, 0.25) is 0 Å². The second-order valence-corrected chi connectivity index (χ2v) is 5.75. The van der Waals surface area contributed by atoms with E-state index in [1.165, 1.54) is 6.07 Å². The highest BCUT2D eigenvalue weighted by molar-refractivity contribution is 9.10. The van der Waals surface area contributed by atoms with Gasteiger partial charge in [0.15, 0.2) is 11.6 Å². The molecule has 2 aromatic rings. The van der Waals surface area contributed by atoms with E-state index < -0.39 is 11.6 Å². The molecular formula is C15H15BrF2N2O. The highest BCUT2D eigenvalue weighted by Gasteiger charge is 2.12. The highest BCUT2D eigenvalue weighted by atomic mass is 79.9. The fraction of sp³-hybridized carbons (Fsp3) is 0.267. The Kier molecular flexibility index (Phi) is 5.25. The van der Waals surface area contributed by atoms with Gasteiger partial charge in [0.25, 0.3) is 0 Å². The maximum absolute atomic E-state index is 13.6. The number of rotatable bonds is 5. The quantitative estimate of drug-likeness (QED) is 0.861. The molecule has 0 aliphatic heterocycles. The van der Waals surface area contributed by atoms with Crippen LogP contribution in [0.5, 0.6) is 11.6 Å². The summed E-state index contributed by atoms with van der Waals surface area (Å²) in [4.78, 5) is 4.15. The normalized spacial score (nSPS) is 11.0. The maximum atomic E-state index is 13.6. The third kappa shape index (κ3) is 4.47. The van der Waals surface area contributed by atoms with Crippen molar-refractivity contribution in [2.75, 3.05) is 0 Å². The molecule has 0 spiro atoms. The molecule has 0 amide bonds. The van der Waals surface area contributed by atoms with Crippen LogP contribution in [0, 0.1) is 11.6 Å². The van der Waals surface area contributed by atoms with Crippen LogP contribution < -0.4 is 10.1 Å². The molecule has 1 heterocycles. The fourth-order valence-corrected chi connectivity index (χ4v) is 2.04. The predicted molar refractivity (Wildman–Crippen MR) is 80.3 cm³/mol. The van der Waals surface area contributed by atoms with Crippen molar-refractivity contribution in [3.8, 4) is 11.6 Å². The minimum absolute atomic E-state index is 0.0583. The average molecular weight is 357 g/mol. The number of hydrogen-bond donors (Lipinski definition) is 1. The number of pyridine rings is 1. The number of hydrogen-bond acceptors (Lipinski definition) is 3. The Bertz CT molecular complexity index is 635. The van der Waals surface area contributed by atoms with Crippen molar-refractivity contribution in [1.82, 2.24) is 10.3 Å². The van der Waals surface area contributed by atoms with E-state index in [0.717, 1.165) is 22.2 Å². The lowest BCUT2D eigenvalue weighted by atomic mass is 10.2. The summed E-state index contributed by atoms with van der Waals surface area (Å²) in [6, 6.07) is 5.30. The predicted octanol–water partition coefficient (Wildman–Crippen LogP) is 4.41. The summed E-state index contributed by atoms with van der Waals surface area (Å²) in [6.07, 6.45) is 1.57. The molecule has 0 saturated carbocycles.